The molecule has 3 aromatic rings. The number of nitrogens with two attached hydrogens (primary N) is 1. The van der Waals surface area contributed by atoms with Gasteiger partial charge in [-0.1, -0.05) is 12.0 Å². The van der Waals surface area contributed by atoms with Gasteiger partial charge in [-0.15, -0.1) is 0 Å². The second-order valence-corrected chi connectivity index (χ2v) is 9.13. The highest BCUT2D eigenvalue weighted by atomic mass is 19.4. The lowest BCUT2D eigenvalue weighted by atomic mass is 10.0. The molecule has 0 bridgehead atoms. The van der Waals surface area contributed by atoms with Gasteiger partial charge in [0.1, 0.15) is 12.3 Å². The molecule has 196 valence electrons. The van der Waals surface area contributed by atoms with Gasteiger partial charge in [0.2, 0.25) is 0 Å². The van der Waals surface area contributed by atoms with Crippen LogP contribution in [0, 0.1) is 11.8 Å². The number of carbonyl (C=O) groups excluding carboxylic acids is 1. The molecule has 0 radical (unpaired) electrons. The zero-order valence-electron chi connectivity index (χ0n) is 20.8. The highest BCUT2D eigenvalue weighted by Crippen LogP contribution is 2.29. The predicted octanol–water partition coefficient (Wildman–Crippen LogP) is 4.08. The van der Waals surface area contributed by atoms with Gasteiger partial charge in [0.05, 0.1) is 30.6 Å². The van der Waals surface area contributed by atoms with Crippen molar-refractivity contribution in [3.8, 4) is 17.6 Å². The monoisotopic (exact) mass is 513 g/mol. The number of rotatable bonds is 6. The van der Waals surface area contributed by atoms with Crippen LogP contribution >= 0.6 is 0 Å². The number of amides is 1. The maximum atomic E-state index is 13.2. The van der Waals surface area contributed by atoms with Gasteiger partial charge in [-0.2, -0.15) is 13.2 Å². The van der Waals surface area contributed by atoms with E-state index in [0.717, 1.165) is 30.5 Å². The normalized spacial score (nSPS) is 14.7. The van der Waals surface area contributed by atoms with Gasteiger partial charge in [0, 0.05) is 22.7 Å². The summed E-state index contributed by atoms with van der Waals surface area (Å²) in [4.78, 5) is 14.9. The topological polar surface area (TPSA) is 84.6 Å². The van der Waals surface area contributed by atoms with Crippen molar-refractivity contribution in [2.45, 2.75) is 31.6 Å². The van der Waals surface area contributed by atoms with Crippen LogP contribution in [0.1, 0.15) is 28.9 Å². The Balaban J connectivity index is 1.45. The summed E-state index contributed by atoms with van der Waals surface area (Å²) in [7, 11) is 3.57. The summed E-state index contributed by atoms with van der Waals surface area (Å²) in [6.45, 7) is 0.887. The number of carbonyl (C=O) groups is 1. The van der Waals surface area contributed by atoms with Crippen molar-refractivity contribution in [3.63, 3.8) is 0 Å². The third kappa shape index (κ3) is 6.49. The zero-order valence-corrected chi connectivity index (χ0v) is 20.8. The molecule has 0 atom stereocenters. The first kappa shape index (κ1) is 26.2. The first-order valence-corrected chi connectivity index (χ1v) is 12.0. The molecule has 2 heterocycles. The molecule has 0 unspecified atom stereocenters. The quantitative estimate of drug-likeness (QED) is 0.342. The second-order valence-electron chi connectivity index (χ2n) is 9.13. The smallest absolute Gasteiger partial charge is 0.406 e. The van der Waals surface area contributed by atoms with Gasteiger partial charge in [-0.05, 0) is 75.3 Å². The van der Waals surface area contributed by atoms with E-state index in [-0.39, 0.29) is 24.2 Å². The fourth-order valence-electron chi connectivity index (χ4n) is 4.43. The van der Waals surface area contributed by atoms with Crippen molar-refractivity contribution < 1.29 is 22.7 Å². The first-order valence-electron chi connectivity index (χ1n) is 12.0. The standard InChI is InChI=1S/C27H30F3N5O2/c1-34-13-10-19(11-14-34)33-26(36)18-8-9-23(25(15-18)37-2)32-12-4-5-20-16-21-22(31)6-3-7-24(21)35(20)17-27(28,29)30/h3,6-9,15-16,19,32H,10-14,17,31H2,1-2H3,(H,33,36). The zero-order chi connectivity index (χ0) is 26.6. The molecule has 1 saturated heterocycles. The van der Waals surface area contributed by atoms with Crippen molar-refractivity contribution in [2.24, 2.45) is 0 Å². The Kier molecular flexibility index (Phi) is 7.83. The highest BCUT2D eigenvalue weighted by Gasteiger charge is 2.29. The van der Waals surface area contributed by atoms with Crippen molar-refractivity contribution in [1.82, 2.24) is 14.8 Å². The van der Waals surface area contributed by atoms with E-state index in [9.17, 15) is 18.0 Å². The summed E-state index contributed by atoms with van der Waals surface area (Å²) in [5.74, 6) is 6.01. The third-order valence-corrected chi connectivity index (χ3v) is 6.42. The Morgan fingerprint density at radius 1 is 1.19 bits per heavy atom. The van der Waals surface area contributed by atoms with Crippen molar-refractivity contribution in [3.05, 3.63) is 53.7 Å². The van der Waals surface area contributed by atoms with Gasteiger partial charge in [0.15, 0.2) is 0 Å². The summed E-state index contributed by atoms with van der Waals surface area (Å²) in [6.07, 6.45) is -2.58. The largest absolute Gasteiger partial charge is 0.495 e. The van der Waals surface area contributed by atoms with Gasteiger partial charge < -0.3 is 30.6 Å². The molecule has 0 spiro atoms. The Bertz CT molecular complexity index is 1330. The number of nitrogens with zero attached hydrogens (tertiary/aromatic N) is 2. The van der Waals surface area contributed by atoms with E-state index in [1.807, 2.05) is 0 Å². The number of nitrogen functional groups attached to an aromatic ring is 1. The molecule has 37 heavy (non-hydrogen) atoms. The Morgan fingerprint density at radius 2 is 1.95 bits per heavy atom. The number of piperidine rings is 1. The highest BCUT2D eigenvalue weighted by molar-refractivity contribution is 5.95. The van der Waals surface area contributed by atoms with E-state index in [1.54, 1.807) is 42.5 Å². The molecule has 4 N–H and O–H groups in total. The van der Waals surface area contributed by atoms with Crippen molar-refractivity contribution in [2.75, 3.05) is 44.8 Å². The van der Waals surface area contributed by atoms with Crippen LogP contribution in [0.2, 0.25) is 0 Å². The van der Waals surface area contributed by atoms with E-state index in [2.05, 4.69) is 34.4 Å². The van der Waals surface area contributed by atoms with Crippen molar-refractivity contribution >= 4 is 28.2 Å². The van der Waals surface area contributed by atoms with Crippen molar-refractivity contribution in [1.29, 1.82) is 0 Å². The molecule has 0 aliphatic carbocycles. The molecule has 1 amide bonds. The van der Waals surface area contributed by atoms with Gasteiger partial charge in [0.25, 0.3) is 5.91 Å². The lowest BCUT2D eigenvalue weighted by molar-refractivity contribution is -0.140. The number of aromatic nitrogens is 1. The summed E-state index contributed by atoms with van der Waals surface area (Å²) in [5, 5.41) is 6.71. The van der Waals surface area contributed by atoms with Crippen LogP contribution < -0.4 is 21.1 Å². The van der Waals surface area contributed by atoms with Gasteiger partial charge >= 0.3 is 6.18 Å². The summed E-state index contributed by atoms with van der Waals surface area (Å²) >= 11 is 0. The minimum absolute atomic E-state index is 0.145. The number of fused-ring (bicyclic) bond motifs is 1. The minimum Gasteiger partial charge on any atom is -0.495 e. The predicted molar refractivity (Wildman–Crippen MR) is 139 cm³/mol. The molecule has 1 fully saturated rings. The average molecular weight is 514 g/mol. The maximum Gasteiger partial charge on any atom is 0.406 e. The first-order chi connectivity index (χ1) is 17.6. The summed E-state index contributed by atoms with van der Waals surface area (Å²) in [5.41, 5.74) is 8.06. The van der Waals surface area contributed by atoms with E-state index in [4.69, 9.17) is 10.5 Å². The number of hydrogen-bond donors (Lipinski definition) is 3. The molecule has 1 aliphatic rings. The van der Waals surface area contributed by atoms with E-state index >= 15 is 0 Å². The number of hydrogen-bond acceptors (Lipinski definition) is 5. The summed E-state index contributed by atoms with van der Waals surface area (Å²) in [6, 6.07) is 11.7. The van der Waals surface area contributed by atoms with Crippen LogP contribution in [0.4, 0.5) is 24.5 Å². The van der Waals surface area contributed by atoms with Crippen LogP contribution in [0.25, 0.3) is 10.9 Å². The number of alkyl halides is 3. The number of methoxy groups -OCH3 is 1. The number of anilines is 2. The molecular weight excluding hydrogens is 483 g/mol. The van der Waals surface area contributed by atoms with E-state index in [0.29, 0.717) is 33.6 Å². The molecule has 1 aliphatic heterocycles. The fraction of sp³-hybridized carbons (Fsp3) is 0.370. The molecule has 10 heteroatoms. The van der Waals surface area contributed by atoms with E-state index < -0.39 is 12.7 Å². The van der Waals surface area contributed by atoms with Crippen LogP contribution in [0.3, 0.4) is 0 Å². The Morgan fingerprint density at radius 3 is 2.65 bits per heavy atom. The molecule has 4 rings (SSSR count). The molecule has 7 nitrogen and oxygen atoms in total. The number of likely N-dealkylation sites (tertiary alicyclic amines) is 1. The van der Waals surface area contributed by atoms with Gasteiger partial charge in [-0.25, -0.2) is 0 Å². The number of ether oxygens (including phenoxy) is 1. The number of nitrogens with one attached hydrogen (secondary N) is 2. The van der Waals surface area contributed by atoms with E-state index in [1.165, 1.54) is 7.11 Å². The maximum absolute atomic E-state index is 13.2. The molecule has 0 saturated carbocycles. The third-order valence-electron chi connectivity index (χ3n) is 6.42. The lowest BCUT2D eigenvalue weighted by Gasteiger charge is -2.29. The molecule has 2 aromatic carbocycles. The SMILES string of the molecule is COc1cc(C(=O)NC2CCN(C)CC2)ccc1NCC#Cc1cc2c(N)cccc2n1CC(F)(F)F. The molecular formula is C27H30F3N5O2. The number of benzene rings is 2. The van der Waals surface area contributed by atoms with Crippen LogP contribution in [-0.4, -0.2) is 61.4 Å². The fourth-order valence-corrected chi connectivity index (χ4v) is 4.43. The Labute approximate surface area is 213 Å². The summed E-state index contributed by atoms with van der Waals surface area (Å²) < 4.78 is 46.2. The average Bonchev–Trinajstić information content (AvgIpc) is 3.20. The van der Waals surface area contributed by atoms with Crippen LogP contribution in [-0.2, 0) is 6.54 Å². The van der Waals surface area contributed by atoms with Crippen LogP contribution in [0.5, 0.6) is 5.75 Å². The second kappa shape index (κ2) is 11.0. The Hall–Kier alpha value is -3.84. The minimum atomic E-state index is -4.40. The molecule has 1 aromatic heterocycles. The lowest BCUT2D eigenvalue weighted by Crippen LogP contribution is -2.43. The number of halogens is 3. The van der Waals surface area contributed by atoms with Crippen LogP contribution in [0.15, 0.2) is 42.5 Å². The van der Waals surface area contributed by atoms with Gasteiger partial charge in [-0.3, -0.25) is 4.79 Å².